The van der Waals surface area contributed by atoms with Crippen LogP contribution in [0.2, 0.25) is 0 Å². The maximum Gasteiger partial charge on any atom is 0.230 e. The van der Waals surface area contributed by atoms with E-state index < -0.39 is 0 Å². The molecular weight excluding hydrogens is 232 g/mol. The average molecular weight is 258 g/mol. The Hall–Kier alpha value is -1.30. The van der Waals surface area contributed by atoms with E-state index in [1.807, 2.05) is 6.92 Å². The number of hydrogen-bond donors (Lipinski definition) is 2. The standard InChI is InChI=1S/C12H26N4O2/c1-4-15(5-2)8-7-9-16(6-3)12(17)10-11(13)14-18/h18H,4-10H2,1-3H3,(H2,13,14). The number of hydrogen-bond acceptors (Lipinski definition) is 4. The molecule has 6 heteroatoms. The van der Waals surface area contributed by atoms with Crippen molar-refractivity contribution in [3.8, 4) is 0 Å². The summed E-state index contributed by atoms with van der Waals surface area (Å²) in [5.41, 5.74) is 5.33. The van der Waals surface area contributed by atoms with Gasteiger partial charge in [-0.3, -0.25) is 4.79 Å². The Morgan fingerprint density at radius 1 is 1.17 bits per heavy atom. The van der Waals surface area contributed by atoms with E-state index in [4.69, 9.17) is 10.9 Å². The van der Waals surface area contributed by atoms with E-state index in [0.29, 0.717) is 13.1 Å². The molecule has 0 aromatic carbocycles. The summed E-state index contributed by atoms with van der Waals surface area (Å²) >= 11 is 0. The summed E-state index contributed by atoms with van der Waals surface area (Å²) in [6.45, 7) is 10.6. The lowest BCUT2D eigenvalue weighted by atomic mass is 10.3. The minimum atomic E-state index is -0.0904. The molecule has 0 rings (SSSR count). The lowest BCUT2D eigenvalue weighted by Gasteiger charge is -2.23. The molecule has 0 unspecified atom stereocenters. The van der Waals surface area contributed by atoms with Crippen LogP contribution >= 0.6 is 0 Å². The molecule has 3 N–H and O–H groups in total. The van der Waals surface area contributed by atoms with Gasteiger partial charge in [-0.2, -0.15) is 0 Å². The normalized spacial score (nSPS) is 11.9. The third-order valence-electron chi connectivity index (χ3n) is 2.99. The second-order valence-corrected chi connectivity index (χ2v) is 4.12. The van der Waals surface area contributed by atoms with Crippen LogP contribution in [0.1, 0.15) is 33.6 Å². The first-order valence-corrected chi connectivity index (χ1v) is 6.55. The molecule has 0 heterocycles. The fraction of sp³-hybridized carbons (Fsp3) is 0.833. The van der Waals surface area contributed by atoms with Crippen LogP contribution < -0.4 is 5.73 Å². The van der Waals surface area contributed by atoms with Gasteiger partial charge in [0.25, 0.3) is 0 Å². The minimum absolute atomic E-state index is 0.0182. The van der Waals surface area contributed by atoms with Crippen LogP contribution in [0.5, 0.6) is 0 Å². The highest BCUT2D eigenvalue weighted by Gasteiger charge is 2.13. The van der Waals surface area contributed by atoms with Gasteiger partial charge in [0.15, 0.2) is 0 Å². The predicted octanol–water partition coefficient (Wildman–Crippen LogP) is 0.703. The molecule has 1 amide bonds. The number of rotatable bonds is 9. The molecule has 0 atom stereocenters. The summed E-state index contributed by atoms with van der Waals surface area (Å²) < 4.78 is 0. The van der Waals surface area contributed by atoms with Crippen molar-refractivity contribution in [2.75, 3.05) is 32.7 Å². The van der Waals surface area contributed by atoms with Gasteiger partial charge in [-0.05, 0) is 33.0 Å². The molecule has 0 aliphatic carbocycles. The third kappa shape index (κ3) is 6.44. The largest absolute Gasteiger partial charge is 0.409 e. The van der Waals surface area contributed by atoms with E-state index in [2.05, 4.69) is 23.9 Å². The van der Waals surface area contributed by atoms with Gasteiger partial charge >= 0.3 is 0 Å². The van der Waals surface area contributed by atoms with E-state index >= 15 is 0 Å². The Morgan fingerprint density at radius 2 is 1.78 bits per heavy atom. The second kappa shape index (κ2) is 9.70. The summed E-state index contributed by atoms with van der Waals surface area (Å²) in [5, 5.41) is 11.3. The lowest BCUT2D eigenvalue weighted by Crippen LogP contribution is -2.36. The average Bonchev–Trinajstić information content (AvgIpc) is 2.38. The lowest BCUT2D eigenvalue weighted by molar-refractivity contribution is -0.129. The maximum absolute atomic E-state index is 11.8. The van der Waals surface area contributed by atoms with Gasteiger partial charge in [-0.1, -0.05) is 19.0 Å². The van der Waals surface area contributed by atoms with Crippen LogP contribution in [0, 0.1) is 0 Å². The van der Waals surface area contributed by atoms with Crippen LogP contribution in [0.3, 0.4) is 0 Å². The fourth-order valence-electron chi connectivity index (χ4n) is 1.79. The molecule has 106 valence electrons. The summed E-state index contributed by atoms with van der Waals surface area (Å²) in [5.74, 6) is -0.130. The first kappa shape index (κ1) is 16.7. The van der Waals surface area contributed by atoms with Gasteiger partial charge < -0.3 is 20.7 Å². The van der Waals surface area contributed by atoms with Crippen molar-refractivity contribution in [3.05, 3.63) is 0 Å². The van der Waals surface area contributed by atoms with Crippen LogP contribution in [0.15, 0.2) is 5.16 Å². The van der Waals surface area contributed by atoms with Gasteiger partial charge in [0.1, 0.15) is 5.84 Å². The Bertz CT molecular complexity index is 265. The van der Waals surface area contributed by atoms with Gasteiger partial charge in [0.05, 0.1) is 6.42 Å². The summed E-state index contributed by atoms with van der Waals surface area (Å²) in [4.78, 5) is 15.9. The number of oxime groups is 1. The van der Waals surface area contributed by atoms with Crippen LogP contribution in [0.4, 0.5) is 0 Å². The van der Waals surface area contributed by atoms with Gasteiger partial charge in [-0.25, -0.2) is 0 Å². The predicted molar refractivity (Wildman–Crippen MR) is 72.7 cm³/mol. The molecule has 0 fully saturated rings. The van der Waals surface area contributed by atoms with E-state index in [9.17, 15) is 4.79 Å². The number of nitrogens with two attached hydrogens (primary N) is 1. The molecule has 0 aliphatic rings. The monoisotopic (exact) mass is 258 g/mol. The zero-order valence-corrected chi connectivity index (χ0v) is 11.7. The minimum Gasteiger partial charge on any atom is -0.409 e. The van der Waals surface area contributed by atoms with Crippen molar-refractivity contribution in [1.82, 2.24) is 9.80 Å². The molecule has 0 bridgehead atoms. The van der Waals surface area contributed by atoms with E-state index in [-0.39, 0.29) is 18.2 Å². The first-order valence-electron chi connectivity index (χ1n) is 6.55. The van der Waals surface area contributed by atoms with E-state index in [0.717, 1.165) is 26.1 Å². The fourth-order valence-corrected chi connectivity index (χ4v) is 1.79. The highest BCUT2D eigenvalue weighted by Crippen LogP contribution is 1.99. The molecule has 18 heavy (non-hydrogen) atoms. The van der Waals surface area contributed by atoms with Crippen molar-refractivity contribution in [1.29, 1.82) is 0 Å². The van der Waals surface area contributed by atoms with Crippen molar-refractivity contribution in [2.24, 2.45) is 10.9 Å². The van der Waals surface area contributed by atoms with Crippen molar-refractivity contribution in [3.63, 3.8) is 0 Å². The highest BCUT2D eigenvalue weighted by molar-refractivity contribution is 5.98. The number of amidine groups is 1. The van der Waals surface area contributed by atoms with E-state index in [1.54, 1.807) is 4.90 Å². The SMILES string of the molecule is CCN(CC)CCCN(CC)C(=O)CC(N)=NO. The van der Waals surface area contributed by atoms with Gasteiger partial charge in [0, 0.05) is 13.1 Å². The number of carbonyl (C=O) groups is 1. The maximum atomic E-state index is 11.8. The Morgan fingerprint density at radius 3 is 2.22 bits per heavy atom. The van der Waals surface area contributed by atoms with Crippen molar-refractivity contribution < 1.29 is 10.0 Å². The molecule has 6 nitrogen and oxygen atoms in total. The number of amides is 1. The molecule has 0 aromatic heterocycles. The number of nitrogens with zero attached hydrogens (tertiary/aromatic N) is 3. The molecule has 0 radical (unpaired) electrons. The number of carbonyl (C=O) groups excluding carboxylic acids is 1. The van der Waals surface area contributed by atoms with Gasteiger partial charge in [-0.15, -0.1) is 0 Å². The third-order valence-corrected chi connectivity index (χ3v) is 2.99. The summed E-state index contributed by atoms with van der Waals surface area (Å²) in [6.07, 6.45) is 0.924. The first-order chi connectivity index (χ1) is 8.58. The molecular formula is C12H26N4O2. The second-order valence-electron chi connectivity index (χ2n) is 4.12. The smallest absolute Gasteiger partial charge is 0.230 e. The Balaban J connectivity index is 4.07. The zero-order valence-electron chi connectivity index (χ0n) is 11.7. The van der Waals surface area contributed by atoms with E-state index in [1.165, 1.54) is 0 Å². The highest BCUT2D eigenvalue weighted by atomic mass is 16.4. The summed E-state index contributed by atoms with van der Waals surface area (Å²) in [7, 11) is 0. The topological polar surface area (TPSA) is 82.2 Å². The molecule has 0 saturated carbocycles. The van der Waals surface area contributed by atoms with Crippen molar-refractivity contribution in [2.45, 2.75) is 33.6 Å². The molecule has 0 aromatic rings. The Kier molecular flexibility index (Phi) is 9.00. The van der Waals surface area contributed by atoms with Gasteiger partial charge in [0.2, 0.25) is 5.91 Å². The quantitative estimate of drug-likeness (QED) is 0.276. The summed E-state index contributed by atoms with van der Waals surface area (Å²) in [6, 6.07) is 0. The van der Waals surface area contributed by atoms with Crippen LogP contribution in [0.25, 0.3) is 0 Å². The zero-order chi connectivity index (χ0) is 14.0. The molecule has 0 spiro atoms. The van der Waals surface area contributed by atoms with Crippen LogP contribution in [-0.4, -0.2) is 59.5 Å². The Labute approximate surface area is 109 Å². The van der Waals surface area contributed by atoms with Crippen molar-refractivity contribution >= 4 is 11.7 Å². The molecule has 0 saturated heterocycles. The molecule has 0 aliphatic heterocycles. The van der Waals surface area contributed by atoms with Crippen LogP contribution in [-0.2, 0) is 4.79 Å².